The molecule has 2 rings (SSSR count). The first-order valence-corrected chi connectivity index (χ1v) is 5.96. The van der Waals surface area contributed by atoms with E-state index in [1.54, 1.807) is 0 Å². The first-order valence-electron chi connectivity index (χ1n) is 5.96. The van der Waals surface area contributed by atoms with Gasteiger partial charge in [-0.1, -0.05) is 5.92 Å². The van der Waals surface area contributed by atoms with Gasteiger partial charge in [0.05, 0.1) is 6.54 Å². The van der Waals surface area contributed by atoms with Crippen molar-refractivity contribution in [3.05, 3.63) is 0 Å². The predicted octanol–water partition coefficient (Wildman–Crippen LogP) is -0.438. The lowest BCUT2D eigenvalue weighted by Gasteiger charge is -2.32. The van der Waals surface area contributed by atoms with Crippen molar-refractivity contribution in [3.63, 3.8) is 0 Å². The van der Waals surface area contributed by atoms with Crippen LogP contribution in [0.2, 0.25) is 0 Å². The molecule has 2 aliphatic heterocycles. The third-order valence-corrected chi connectivity index (χ3v) is 3.35. The number of carbonyl (C=O) groups excluding carboxylic acids is 1. The Balaban J connectivity index is 1.69. The summed E-state index contributed by atoms with van der Waals surface area (Å²) in [6.45, 7) is 3.67. The van der Waals surface area contributed by atoms with Gasteiger partial charge >= 0.3 is 0 Å². The highest BCUT2D eigenvalue weighted by Crippen LogP contribution is 2.12. The van der Waals surface area contributed by atoms with E-state index in [1.165, 1.54) is 0 Å². The number of rotatable bonds is 3. The topological polar surface area (TPSA) is 44.4 Å². The van der Waals surface area contributed by atoms with Crippen LogP contribution in [-0.2, 0) is 4.79 Å². The first-order chi connectivity index (χ1) is 7.78. The third kappa shape index (κ3) is 2.97. The van der Waals surface area contributed by atoms with Crippen molar-refractivity contribution in [1.29, 1.82) is 0 Å². The van der Waals surface area contributed by atoms with Crippen LogP contribution >= 0.6 is 0 Å². The molecule has 2 heterocycles. The summed E-state index contributed by atoms with van der Waals surface area (Å²) in [6, 6.07) is 0.878. The lowest BCUT2D eigenvalue weighted by molar-refractivity contribution is -0.119. The Labute approximate surface area is 96.8 Å². The zero-order valence-electron chi connectivity index (χ0n) is 9.54. The standard InChI is InChI=1S/C12H19N3O/c1-2-5-15-6-3-10(4-7-15)14-11-8-12(16)13-9-11/h1,10-11,14H,3-9H2,(H,13,16). The van der Waals surface area contributed by atoms with E-state index in [0.717, 1.165) is 39.0 Å². The number of piperidine rings is 1. The smallest absolute Gasteiger partial charge is 0.221 e. The molecule has 2 saturated heterocycles. The Kier molecular flexibility index (Phi) is 3.81. The zero-order chi connectivity index (χ0) is 11.4. The first kappa shape index (κ1) is 11.4. The summed E-state index contributed by atoms with van der Waals surface area (Å²) >= 11 is 0. The molecule has 0 aromatic heterocycles. The van der Waals surface area contributed by atoms with Gasteiger partial charge in [-0.3, -0.25) is 9.69 Å². The predicted molar refractivity (Wildman–Crippen MR) is 62.8 cm³/mol. The number of hydrogen-bond acceptors (Lipinski definition) is 3. The molecule has 0 radical (unpaired) electrons. The van der Waals surface area contributed by atoms with E-state index in [-0.39, 0.29) is 5.91 Å². The molecule has 2 aliphatic rings. The molecule has 4 nitrogen and oxygen atoms in total. The van der Waals surface area contributed by atoms with Crippen molar-refractivity contribution in [2.45, 2.75) is 31.3 Å². The fraction of sp³-hybridized carbons (Fsp3) is 0.750. The summed E-state index contributed by atoms with van der Waals surface area (Å²) in [7, 11) is 0. The van der Waals surface area contributed by atoms with Crippen LogP contribution in [0.5, 0.6) is 0 Å². The van der Waals surface area contributed by atoms with E-state index in [4.69, 9.17) is 6.42 Å². The van der Waals surface area contributed by atoms with Gasteiger partial charge < -0.3 is 10.6 Å². The largest absolute Gasteiger partial charge is 0.354 e. The second-order valence-electron chi connectivity index (χ2n) is 4.63. The van der Waals surface area contributed by atoms with E-state index in [1.807, 2.05) is 0 Å². The number of terminal acetylenes is 1. The third-order valence-electron chi connectivity index (χ3n) is 3.35. The van der Waals surface area contributed by atoms with Crippen molar-refractivity contribution in [2.24, 2.45) is 0 Å². The minimum absolute atomic E-state index is 0.169. The number of likely N-dealkylation sites (tertiary alicyclic amines) is 1. The Morgan fingerprint density at radius 2 is 2.19 bits per heavy atom. The molecular formula is C12H19N3O. The van der Waals surface area contributed by atoms with Crippen LogP contribution in [0.15, 0.2) is 0 Å². The molecule has 0 aromatic rings. The summed E-state index contributed by atoms with van der Waals surface area (Å²) in [6.07, 6.45) is 8.18. The second kappa shape index (κ2) is 5.33. The maximum absolute atomic E-state index is 11.1. The monoisotopic (exact) mass is 221 g/mol. The average molecular weight is 221 g/mol. The number of nitrogens with zero attached hydrogens (tertiary/aromatic N) is 1. The van der Waals surface area contributed by atoms with E-state index < -0.39 is 0 Å². The zero-order valence-corrected chi connectivity index (χ0v) is 9.54. The van der Waals surface area contributed by atoms with Crippen LogP contribution in [0.3, 0.4) is 0 Å². The van der Waals surface area contributed by atoms with Gasteiger partial charge in [0.15, 0.2) is 0 Å². The van der Waals surface area contributed by atoms with Crippen molar-refractivity contribution < 1.29 is 4.79 Å². The Morgan fingerprint density at radius 1 is 1.44 bits per heavy atom. The van der Waals surface area contributed by atoms with Crippen LogP contribution in [0, 0.1) is 12.3 Å². The van der Waals surface area contributed by atoms with E-state index in [2.05, 4.69) is 21.5 Å². The molecule has 0 saturated carbocycles. The highest BCUT2D eigenvalue weighted by molar-refractivity contribution is 5.78. The summed E-state index contributed by atoms with van der Waals surface area (Å²) in [5, 5.41) is 6.40. The minimum Gasteiger partial charge on any atom is -0.354 e. The van der Waals surface area contributed by atoms with Crippen LogP contribution in [-0.4, -0.2) is 49.1 Å². The maximum atomic E-state index is 11.1. The molecule has 16 heavy (non-hydrogen) atoms. The minimum atomic E-state index is 0.169. The Bertz CT molecular complexity index is 289. The highest BCUT2D eigenvalue weighted by atomic mass is 16.1. The fourth-order valence-electron chi connectivity index (χ4n) is 2.44. The van der Waals surface area contributed by atoms with Gasteiger partial charge in [0, 0.05) is 38.1 Å². The van der Waals surface area contributed by atoms with Gasteiger partial charge in [-0.25, -0.2) is 0 Å². The SMILES string of the molecule is C#CCN1CCC(NC2CNC(=O)C2)CC1. The van der Waals surface area contributed by atoms with Crippen LogP contribution in [0.4, 0.5) is 0 Å². The molecule has 4 heteroatoms. The Hall–Kier alpha value is -1.05. The molecule has 2 fully saturated rings. The van der Waals surface area contributed by atoms with E-state index >= 15 is 0 Å². The van der Waals surface area contributed by atoms with Crippen molar-refractivity contribution >= 4 is 5.91 Å². The quantitative estimate of drug-likeness (QED) is 0.635. The maximum Gasteiger partial charge on any atom is 0.221 e. The molecule has 2 N–H and O–H groups in total. The van der Waals surface area contributed by atoms with Crippen molar-refractivity contribution in [2.75, 3.05) is 26.2 Å². The van der Waals surface area contributed by atoms with Crippen LogP contribution < -0.4 is 10.6 Å². The molecule has 1 atom stereocenters. The highest BCUT2D eigenvalue weighted by Gasteiger charge is 2.25. The van der Waals surface area contributed by atoms with Gasteiger partial charge in [0.25, 0.3) is 0 Å². The number of nitrogens with one attached hydrogen (secondary N) is 2. The lowest BCUT2D eigenvalue weighted by Crippen LogP contribution is -2.46. The van der Waals surface area contributed by atoms with E-state index in [9.17, 15) is 4.79 Å². The van der Waals surface area contributed by atoms with Gasteiger partial charge in [0.1, 0.15) is 0 Å². The van der Waals surface area contributed by atoms with Gasteiger partial charge in [-0.2, -0.15) is 0 Å². The van der Waals surface area contributed by atoms with E-state index in [0.29, 0.717) is 18.5 Å². The Morgan fingerprint density at radius 3 is 2.75 bits per heavy atom. The van der Waals surface area contributed by atoms with Gasteiger partial charge in [-0.05, 0) is 12.8 Å². The normalized spacial score (nSPS) is 27.7. The molecule has 0 bridgehead atoms. The molecular weight excluding hydrogens is 202 g/mol. The molecule has 1 amide bonds. The molecule has 88 valence electrons. The number of amides is 1. The molecule has 0 aromatic carbocycles. The lowest BCUT2D eigenvalue weighted by atomic mass is 10.0. The number of carbonyl (C=O) groups is 1. The molecule has 0 spiro atoms. The van der Waals surface area contributed by atoms with Gasteiger partial charge in [0.2, 0.25) is 5.91 Å². The molecule has 0 aliphatic carbocycles. The fourth-order valence-corrected chi connectivity index (χ4v) is 2.44. The summed E-state index contributed by atoms with van der Waals surface area (Å²) in [5.74, 6) is 2.85. The van der Waals surface area contributed by atoms with Crippen molar-refractivity contribution in [3.8, 4) is 12.3 Å². The summed E-state index contributed by atoms with van der Waals surface area (Å²) < 4.78 is 0. The molecule has 1 unspecified atom stereocenters. The number of hydrogen-bond donors (Lipinski definition) is 2. The van der Waals surface area contributed by atoms with Crippen LogP contribution in [0.1, 0.15) is 19.3 Å². The van der Waals surface area contributed by atoms with Gasteiger partial charge in [-0.15, -0.1) is 6.42 Å². The average Bonchev–Trinajstić information content (AvgIpc) is 2.67. The summed E-state index contributed by atoms with van der Waals surface area (Å²) in [4.78, 5) is 13.4. The van der Waals surface area contributed by atoms with Crippen molar-refractivity contribution in [1.82, 2.24) is 15.5 Å². The van der Waals surface area contributed by atoms with Crippen LogP contribution in [0.25, 0.3) is 0 Å². The second-order valence-corrected chi connectivity index (χ2v) is 4.63. The summed E-state index contributed by atoms with van der Waals surface area (Å²) in [5.41, 5.74) is 0.